The van der Waals surface area contributed by atoms with E-state index in [-0.39, 0.29) is 35.1 Å². The van der Waals surface area contributed by atoms with Crippen molar-refractivity contribution in [1.29, 1.82) is 0 Å². The summed E-state index contributed by atoms with van der Waals surface area (Å²) in [6, 6.07) is 3.49. The van der Waals surface area contributed by atoms with Gasteiger partial charge in [0, 0.05) is 6.07 Å². The van der Waals surface area contributed by atoms with Crippen molar-refractivity contribution in [3.05, 3.63) is 18.2 Å². The molecular weight excluding hydrogens is 310 g/mol. The standard InChI is InChI=1S/C10H15NO7S2/c11-9-4-3-8(20(15,16)17)7-10(9)18-5-1-2-6-19(12,13)14/h3-4,7H,1-2,5-6,11H2,(H,12,13,14)(H,15,16,17). The highest BCUT2D eigenvalue weighted by Crippen LogP contribution is 2.25. The molecule has 0 amide bonds. The van der Waals surface area contributed by atoms with Crippen LogP contribution in [0.1, 0.15) is 12.8 Å². The molecule has 0 aromatic heterocycles. The molecule has 0 radical (unpaired) electrons. The molecule has 4 N–H and O–H groups in total. The lowest BCUT2D eigenvalue weighted by atomic mass is 10.3. The molecule has 1 aromatic carbocycles. The average molecular weight is 325 g/mol. The van der Waals surface area contributed by atoms with Crippen molar-refractivity contribution in [2.75, 3.05) is 18.1 Å². The van der Waals surface area contributed by atoms with Crippen molar-refractivity contribution in [2.45, 2.75) is 17.7 Å². The third kappa shape index (κ3) is 5.74. The summed E-state index contributed by atoms with van der Waals surface area (Å²) in [7, 11) is -8.34. The summed E-state index contributed by atoms with van der Waals surface area (Å²) in [5.74, 6) is -0.302. The minimum absolute atomic E-state index is 0.0759. The van der Waals surface area contributed by atoms with E-state index >= 15 is 0 Å². The van der Waals surface area contributed by atoms with Gasteiger partial charge in [-0.25, -0.2) is 0 Å². The number of hydrogen-bond donors (Lipinski definition) is 3. The highest BCUT2D eigenvalue weighted by Gasteiger charge is 2.12. The van der Waals surface area contributed by atoms with Crippen molar-refractivity contribution in [2.24, 2.45) is 0 Å². The average Bonchev–Trinajstić information content (AvgIpc) is 2.28. The van der Waals surface area contributed by atoms with Crippen LogP contribution in [0.15, 0.2) is 23.1 Å². The van der Waals surface area contributed by atoms with E-state index in [4.69, 9.17) is 19.6 Å². The van der Waals surface area contributed by atoms with Crippen LogP contribution >= 0.6 is 0 Å². The van der Waals surface area contributed by atoms with E-state index in [0.29, 0.717) is 6.42 Å². The molecule has 0 saturated carbocycles. The van der Waals surface area contributed by atoms with E-state index in [1.807, 2.05) is 0 Å². The number of benzene rings is 1. The van der Waals surface area contributed by atoms with Crippen LogP contribution in [0.5, 0.6) is 5.75 Å². The number of hydrogen-bond acceptors (Lipinski definition) is 6. The minimum atomic E-state index is -4.34. The molecule has 1 rings (SSSR count). The van der Waals surface area contributed by atoms with Gasteiger partial charge in [-0.1, -0.05) is 0 Å². The Kier molecular flexibility index (Phi) is 5.34. The molecule has 0 heterocycles. The van der Waals surface area contributed by atoms with Gasteiger partial charge < -0.3 is 10.5 Å². The molecule has 0 fully saturated rings. The fraction of sp³-hybridized carbons (Fsp3) is 0.400. The Morgan fingerprint density at radius 3 is 2.30 bits per heavy atom. The number of anilines is 1. The first-order chi connectivity index (χ1) is 9.09. The van der Waals surface area contributed by atoms with E-state index in [1.54, 1.807) is 0 Å². The predicted octanol–water partition coefficient (Wildman–Crippen LogP) is 0.562. The summed E-state index contributed by atoms with van der Waals surface area (Å²) in [4.78, 5) is -0.348. The molecule has 0 aliphatic carbocycles. The van der Waals surface area contributed by atoms with E-state index in [2.05, 4.69) is 0 Å². The maximum atomic E-state index is 10.9. The fourth-order valence-electron chi connectivity index (χ4n) is 1.37. The second kappa shape index (κ2) is 6.39. The zero-order valence-electron chi connectivity index (χ0n) is 10.4. The van der Waals surface area contributed by atoms with Gasteiger partial charge >= 0.3 is 0 Å². The third-order valence-electron chi connectivity index (χ3n) is 2.34. The second-order valence-corrected chi connectivity index (χ2v) is 7.01. The number of ether oxygens (including phenoxy) is 1. The van der Waals surface area contributed by atoms with Crippen LogP contribution in [0.4, 0.5) is 5.69 Å². The van der Waals surface area contributed by atoms with Crippen LogP contribution in [0.25, 0.3) is 0 Å². The van der Waals surface area contributed by atoms with Gasteiger partial charge in [0.05, 0.1) is 22.9 Å². The molecule has 20 heavy (non-hydrogen) atoms. The third-order valence-corrected chi connectivity index (χ3v) is 3.99. The number of unbranched alkanes of at least 4 members (excludes halogenated alkanes) is 1. The van der Waals surface area contributed by atoms with Gasteiger partial charge in [0.2, 0.25) is 0 Å². The summed E-state index contributed by atoms with van der Waals surface area (Å²) < 4.78 is 65.5. The van der Waals surface area contributed by atoms with Crippen molar-refractivity contribution in [1.82, 2.24) is 0 Å². The van der Waals surface area contributed by atoms with Gasteiger partial charge in [0.1, 0.15) is 5.75 Å². The summed E-state index contributed by atoms with van der Waals surface area (Å²) in [6.45, 7) is 0.0919. The van der Waals surface area contributed by atoms with Gasteiger partial charge in [-0.05, 0) is 25.0 Å². The lowest BCUT2D eigenvalue weighted by Gasteiger charge is -2.09. The monoisotopic (exact) mass is 325 g/mol. The molecule has 10 heteroatoms. The van der Waals surface area contributed by atoms with Crippen LogP contribution in [-0.2, 0) is 20.2 Å². The zero-order chi connectivity index (χ0) is 15.4. The van der Waals surface area contributed by atoms with Crippen LogP contribution in [0, 0.1) is 0 Å². The fourth-order valence-corrected chi connectivity index (χ4v) is 2.43. The van der Waals surface area contributed by atoms with Crippen LogP contribution in [0.2, 0.25) is 0 Å². The lowest BCUT2D eigenvalue weighted by Crippen LogP contribution is -2.07. The van der Waals surface area contributed by atoms with Crippen LogP contribution in [-0.4, -0.2) is 38.3 Å². The summed E-state index contributed by atoms with van der Waals surface area (Å²) in [5, 5.41) is 0. The topological polar surface area (TPSA) is 144 Å². The Hall–Kier alpha value is -1.36. The van der Waals surface area contributed by atoms with E-state index in [0.717, 1.165) is 12.1 Å². The second-order valence-electron chi connectivity index (χ2n) is 4.02. The molecular formula is C10H15NO7S2. The molecule has 114 valence electrons. The van der Waals surface area contributed by atoms with Crippen LogP contribution in [0.3, 0.4) is 0 Å². The van der Waals surface area contributed by atoms with Gasteiger partial charge in [-0.2, -0.15) is 16.8 Å². The first kappa shape index (κ1) is 16.7. The Labute approximate surface area is 117 Å². The Morgan fingerprint density at radius 2 is 1.75 bits per heavy atom. The first-order valence-electron chi connectivity index (χ1n) is 5.54. The molecule has 0 unspecified atom stereocenters. The van der Waals surface area contributed by atoms with Crippen molar-refractivity contribution in [3.8, 4) is 5.75 Å². The number of rotatable bonds is 7. The maximum Gasteiger partial charge on any atom is 0.294 e. The molecule has 0 aliphatic heterocycles. The number of nitrogen functional groups attached to an aromatic ring is 1. The van der Waals surface area contributed by atoms with Gasteiger partial charge in [0.15, 0.2) is 0 Å². The van der Waals surface area contributed by atoms with Gasteiger partial charge in [-0.3, -0.25) is 9.11 Å². The Balaban J connectivity index is 2.60. The SMILES string of the molecule is Nc1ccc(S(=O)(=O)O)cc1OCCCCS(=O)(=O)O. The first-order valence-corrected chi connectivity index (χ1v) is 8.59. The van der Waals surface area contributed by atoms with Crippen molar-refractivity contribution < 1.29 is 30.7 Å². The van der Waals surface area contributed by atoms with Crippen molar-refractivity contribution in [3.63, 3.8) is 0 Å². The molecule has 1 aromatic rings. The molecule has 0 saturated heterocycles. The molecule has 8 nitrogen and oxygen atoms in total. The van der Waals surface area contributed by atoms with E-state index in [1.165, 1.54) is 6.07 Å². The highest BCUT2D eigenvalue weighted by atomic mass is 32.2. The normalized spacial score (nSPS) is 12.3. The van der Waals surface area contributed by atoms with Gasteiger partial charge in [-0.15, -0.1) is 0 Å². The Morgan fingerprint density at radius 1 is 1.10 bits per heavy atom. The highest BCUT2D eigenvalue weighted by molar-refractivity contribution is 7.86. The Bertz CT molecular complexity index is 667. The maximum absolute atomic E-state index is 10.9. The van der Waals surface area contributed by atoms with E-state index < -0.39 is 20.2 Å². The van der Waals surface area contributed by atoms with Gasteiger partial charge in [0.25, 0.3) is 20.2 Å². The summed E-state index contributed by atoms with van der Waals surface area (Å²) >= 11 is 0. The van der Waals surface area contributed by atoms with Crippen LogP contribution < -0.4 is 10.5 Å². The molecule has 0 aliphatic rings. The summed E-state index contributed by atoms with van der Waals surface area (Å²) in [5.41, 5.74) is 5.77. The predicted molar refractivity (Wildman–Crippen MR) is 71.8 cm³/mol. The number of nitrogens with two attached hydrogens (primary N) is 1. The quantitative estimate of drug-likeness (QED) is 0.375. The van der Waals surface area contributed by atoms with Crippen molar-refractivity contribution >= 4 is 25.9 Å². The van der Waals surface area contributed by atoms with E-state index in [9.17, 15) is 16.8 Å². The molecule has 0 spiro atoms. The zero-order valence-corrected chi connectivity index (χ0v) is 12.0. The smallest absolute Gasteiger partial charge is 0.294 e. The molecule has 0 atom stereocenters. The lowest BCUT2D eigenvalue weighted by molar-refractivity contribution is 0.309. The largest absolute Gasteiger partial charge is 0.491 e. The minimum Gasteiger partial charge on any atom is -0.491 e. The summed E-state index contributed by atoms with van der Waals surface area (Å²) in [6.07, 6.45) is 0.520. The molecule has 0 bridgehead atoms.